The molecule has 0 amide bonds. The smallest absolute Gasteiger partial charge is 0.132 e. The Hall–Kier alpha value is -5.88. The molecule has 0 aliphatic carbocycles. The largest absolute Gasteiger partial charge is 0.507 e. The number of nitrogens with zero attached hydrogens (tertiary/aromatic N) is 2. The first-order valence-corrected chi connectivity index (χ1v) is 22.6. The Morgan fingerprint density at radius 3 is 1.21 bits per heavy atom. The molecule has 0 aliphatic heterocycles. The summed E-state index contributed by atoms with van der Waals surface area (Å²) in [5.41, 5.74) is 9.18. The summed E-state index contributed by atoms with van der Waals surface area (Å²) in [4.78, 5) is 10.6. The number of benzene rings is 5. The predicted octanol–water partition coefficient (Wildman–Crippen LogP) is 15.4. The first kappa shape index (κ1) is 45.2. The minimum Gasteiger partial charge on any atom is -0.507 e. The Bertz CT molecular complexity index is 2850. The van der Waals surface area contributed by atoms with Crippen LogP contribution in [-0.2, 0) is 21.7 Å². The maximum absolute atomic E-state index is 12.3. The number of unbranched alkanes of at least 4 members (excludes halogenated alkanes) is 3. The highest BCUT2D eigenvalue weighted by Crippen LogP contribution is 2.48. The third-order valence-electron chi connectivity index (χ3n) is 12.9. The molecule has 0 bridgehead atoms. The highest BCUT2D eigenvalue weighted by molar-refractivity contribution is 6.04. The first-order chi connectivity index (χ1) is 29.5. The molecule has 2 heterocycles. The zero-order chi connectivity index (χ0) is 45.8. The molecule has 0 spiro atoms. The first-order valence-electron chi connectivity index (χ1n) is 22.6. The van der Waals surface area contributed by atoms with Gasteiger partial charge in [0.25, 0.3) is 0 Å². The van der Waals surface area contributed by atoms with E-state index in [9.17, 15) is 20.4 Å². The second kappa shape index (κ2) is 16.7. The van der Waals surface area contributed by atoms with Crippen LogP contribution in [0.25, 0.3) is 66.6 Å². The molecular weight excluding hydrogens is 777 g/mol. The van der Waals surface area contributed by atoms with Crippen LogP contribution in [0.1, 0.15) is 137 Å². The van der Waals surface area contributed by atoms with Crippen LogP contribution >= 0.6 is 0 Å². The van der Waals surface area contributed by atoms with Crippen molar-refractivity contribution in [1.29, 1.82) is 0 Å². The number of hydrogen-bond donors (Lipinski definition) is 4. The predicted molar refractivity (Wildman–Crippen MR) is 263 cm³/mol. The fraction of sp³-hybridized carbons (Fsp3) is 0.368. The molecule has 328 valence electrons. The molecule has 7 aromatic rings. The van der Waals surface area contributed by atoms with Crippen molar-refractivity contribution in [2.75, 3.05) is 0 Å². The standard InChI is InChI=1S/C57H66N2O4/c1-13-14-15-16-27-57(11,12)39-32-43(41-29-37(55(5,6)7)22-26-49(41)61)53(63)45(33-39)47-24-20-35-18-17-34-19-23-46(58-50(34)51(35)59-47)44-31-38(56(8,9)10)30-42(52(44)62)40-28-36(54(2,3)4)21-25-48(40)60/h17-26,28-33,60-63H,13-16,27H2,1-12H3. The molecule has 6 nitrogen and oxygen atoms in total. The maximum Gasteiger partial charge on any atom is 0.132 e. The lowest BCUT2D eigenvalue weighted by Gasteiger charge is -2.28. The second-order valence-electron chi connectivity index (χ2n) is 21.4. The Balaban J connectivity index is 1.44. The van der Waals surface area contributed by atoms with Crippen molar-refractivity contribution in [3.63, 3.8) is 0 Å². The van der Waals surface area contributed by atoms with Crippen LogP contribution in [0, 0.1) is 0 Å². The Morgan fingerprint density at radius 2 is 0.778 bits per heavy atom. The molecule has 0 radical (unpaired) electrons. The van der Waals surface area contributed by atoms with E-state index in [1.807, 2.05) is 72.8 Å². The van der Waals surface area contributed by atoms with E-state index < -0.39 is 0 Å². The monoisotopic (exact) mass is 843 g/mol. The van der Waals surface area contributed by atoms with Gasteiger partial charge in [0, 0.05) is 44.2 Å². The van der Waals surface area contributed by atoms with Crippen LogP contribution in [0.5, 0.6) is 23.0 Å². The fourth-order valence-electron chi connectivity index (χ4n) is 8.54. The number of phenolic OH excluding ortho intramolecular Hbond substituents is 4. The number of aromatic nitrogens is 2. The second-order valence-corrected chi connectivity index (χ2v) is 21.4. The van der Waals surface area contributed by atoms with Crippen LogP contribution < -0.4 is 0 Å². The van der Waals surface area contributed by atoms with Gasteiger partial charge < -0.3 is 20.4 Å². The van der Waals surface area contributed by atoms with Gasteiger partial charge in [0.15, 0.2) is 0 Å². The quantitative estimate of drug-likeness (QED) is 0.0807. The van der Waals surface area contributed by atoms with Gasteiger partial charge in [0.05, 0.1) is 22.4 Å². The molecular formula is C57H66N2O4. The summed E-state index contributed by atoms with van der Waals surface area (Å²) in [7, 11) is 0. The normalized spacial score (nSPS) is 12.7. The molecule has 63 heavy (non-hydrogen) atoms. The molecule has 2 aromatic heterocycles. The van der Waals surface area contributed by atoms with Gasteiger partial charge in [-0.3, -0.25) is 0 Å². The van der Waals surface area contributed by atoms with Gasteiger partial charge in [0.1, 0.15) is 23.0 Å². The van der Waals surface area contributed by atoms with Gasteiger partial charge in [0.2, 0.25) is 0 Å². The zero-order valence-corrected chi connectivity index (χ0v) is 39.5. The van der Waals surface area contributed by atoms with E-state index in [0.29, 0.717) is 55.8 Å². The van der Waals surface area contributed by atoms with Gasteiger partial charge in [-0.15, -0.1) is 0 Å². The van der Waals surface area contributed by atoms with Crippen LogP contribution in [0.2, 0.25) is 0 Å². The molecule has 0 fully saturated rings. The van der Waals surface area contributed by atoms with Crippen LogP contribution in [-0.4, -0.2) is 30.4 Å². The average Bonchev–Trinajstić information content (AvgIpc) is 3.21. The summed E-state index contributed by atoms with van der Waals surface area (Å²) in [6.07, 6.45) is 5.58. The molecule has 0 unspecified atom stereocenters. The summed E-state index contributed by atoms with van der Waals surface area (Å²) in [6.45, 7) is 26.0. The fourth-order valence-corrected chi connectivity index (χ4v) is 8.54. The highest BCUT2D eigenvalue weighted by atomic mass is 16.3. The number of rotatable bonds is 10. The highest BCUT2D eigenvalue weighted by Gasteiger charge is 2.28. The minimum absolute atomic E-state index is 0.0375. The molecule has 4 N–H and O–H groups in total. The molecule has 0 aliphatic rings. The lowest BCUT2D eigenvalue weighted by molar-refractivity contribution is 0.443. The summed E-state index contributed by atoms with van der Waals surface area (Å²) < 4.78 is 0. The van der Waals surface area contributed by atoms with Crippen molar-refractivity contribution in [3.8, 4) is 67.8 Å². The number of fused-ring (bicyclic) bond motifs is 3. The number of aromatic hydroxyl groups is 4. The summed E-state index contributed by atoms with van der Waals surface area (Å²) in [5, 5.41) is 48.9. The van der Waals surface area contributed by atoms with Crippen LogP contribution in [0.3, 0.4) is 0 Å². The zero-order valence-electron chi connectivity index (χ0n) is 39.5. The van der Waals surface area contributed by atoms with E-state index in [4.69, 9.17) is 9.97 Å². The van der Waals surface area contributed by atoms with Gasteiger partial charge in [-0.05, 0) is 111 Å². The van der Waals surface area contributed by atoms with E-state index in [1.54, 1.807) is 12.1 Å². The van der Waals surface area contributed by atoms with E-state index in [2.05, 4.69) is 95.2 Å². The van der Waals surface area contributed by atoms with Crippen LogP contribution in [0.15, 0.2) is 97.1 Å². The van der Waals surface area contributed by atoms with Crippen molar-refractivity contribution in [1.82, 2.24) is 9.97 Å². The SMILES string of the molecule is CCCCCCC(C)(C)c1cc(-c2ccc3ccc4ccc(-c5cc(C(C)(C)C)cc(-c6cc(C(C)(C)C)ccc6O)c5O)nc4c3n2)c(O)c(-c2cc(C(C)(C)C)ccc2O)c1. The molecule has 0 saturated carbocycles. The number of phenols is 4. The van der Waals surface area contributed by atoms with Crippen molar-refractivity contribution >= 4 is 21.8 Å². The van der Waals surface area contributed by atoms with Gasteiger partial charge in [-0.25, -0.2) is 9.97 Å². The van der Waals surface area contributed by atoms with Crippen molar-refractivity contribution < 1.29 is 20.4 Å². The molecule has 5 aromatic carbocycles. The Labute approximate surface area is 374 Å². The average molecular weight is 843 g/mol. The Kier molecular flexibility index (Phi) is 12.0. The van der Waals surface area contributed by atoms with E-state index in [0.717, 1.165) is 58.7 Å². The van der Waals surface area contributed by atoms with Gasteiger partial charge in [-0.1, -0.05) is 145 Å². The van der Waals surface area contributed by atoms with E-state index >= 15 is 0 Å². The van der Waals surface area contributed by atoms with Crippen molar-refractivity contribution in [3.05, 3.63) is 119 Å². The maximum atomic E-state index is 12.3. The number of pyridine rings is 2. The minimum atomic E-state index is -0.279. The van der Waals surface area contributed by atoms with Crippen molar-refractivity contribution in [2.24, 2.45) is 0 Å². The molecule has 0 saturated heterocycles. The third-order valence-corrected chi connectivity index (χ3v) is 12.9. The van der Waals surface area contributed by atoms with Gasteiger partial charge >= 0.3 is 0 Å². The van der Waals surface area contributed by atoms with E-state index in [1.165, 1.54) is 6.42 Å². The molecule has 6 heteroatoms. The summed E-state index contributed by atoms with van der Waals surface area (Å²) in [5.74, 6) is 0.292. The summed E-state index contributed by atoms with van der Waals surface area (Å²) in [6, 6.07) is 31.4. The Morgan fingerprint density at radius 1 is 0.397 bits per heavy atom. The topological polar surface area (TPSA) is 107 Å². The third kappa shape index (κ3) is 9.14. The van der Waals surface area contributed by atoms with E-state index in [-0.39, 0.29) is 44.7 Å². The number of hydrogen-bond acceptors (Lipinski definition) is 6. The lowest BCUT2D eigenvalue weighted by Crippen LogP contribution is -2.17. The van der Waals surface area contributed by atoms with Crippen LogP contribution in [0.4, 0.5) is 0 Å². The van der Waals surface area contributed by atoms with Crippen molar-refractivity contribution in [2.45, 2.75) is 137 Å². The summed E-state index contributed by atoms with van der Waals surface area (Å²) >= 11 is 0. The molecule has 7 rings (SSSR count). The molecule has 0 atom stereocenters. The van der Waals surface area contributed by atoms with Gasteiger partial charge in [-0.2, -0.15) is 0 Å². The lowest BCUT2D eigenvalue weighted by atomic mass is 9.77.